The van der Waals surface area contributed by atoms with Crippen LogP contribution >= 0.6 is 0 Å². The first kappa shape index (κ1) is 14.0. The van der Waals surface area contributed by atoms with E-state index in [1.165, 1.54) is 45.2 Å². The molecule has 0 amide bonds. The second-order valence-electron chi connectivity index (χ2n) is 5.79. The highest BCUT2D eigenvalue weighted by molar-refractivity contribution is 4.84. The molecule has 0 spiro atoms. The van der Waals surface area contributed by atoms with Gasteiger partial charge in [-0.15, -0.1) is 0 Å². The summed E-state index contributed by atoms with van der Waals surface area (Å²) < 4.78 is 0. The third kappa shape index (κ3) is 6.49. The maximum atomic E-state index is 9.20. The molecule has 0 radical (unpaired) electrons. The Hall–Kier alpha value is -0.0800. The summed E-state index contributed by atoms with van der Waals surface area (Å²) in [5, 5.41) is 9.20. The smallest absolute Gasteiger partial charge is 0.0512 e. The van der Waals surface area contributed by atoms with Gasteiger partial charge in [-0.25, -0.2) is 0 Å². The summed E-state index contributed by atoms with van der Waals surface area (Å²) >= 11 is 0. The van der Waals surface area contributed by atoms with Crippen LogP contribution in [0.25, 0.3) is 0 Å². The monoisotopic (exact) mass is 227 g/mol. The zero-order chi connectivity index (χ0) is 12.0. The summed E-state index contributed by atoms with van der Waals surface area (Å²) in [5.74, 6) is 0.818. The van der Waals surface area contributed by atoms with E-state index >= 15 is 0 Å². The van der Waals surface area contributed by atoms with Crippen molar-refractivity contribution in [2.45, 2.75) is 71.4 Å². The van der Waals surface area contributed by atoms with Crippen LogP contribution in [-0.4, -0.2) is 35.2 Å². The molecule has 16 heavy (non-hydrogen) atoms. The molecule has 0 bridgehead atoms. The number of unbranched alkanes of at least 4 members (excludes halogenated alkanes) is 1. The first-order valence-electron chi connectivity index (χ1n) is 7.01. The standard InChI is InChI=1S/C14H29NO/c1-12(2)9-11-15(14-7-8-14)10-5-4-6-13(3)16/h12-14,16H,4-11H2,1-3H3. The van der Waals surface area contributed by atoms with E-state index in [-0.39, 0.29) is 6.10 Å². The zero-order valence-electron chi connectivity index (χ0n) is 11.3. The summed E-state index contributed by atoms with van der Waals surface area (Å²) in [7, 11) is 0. The van der Waals surface area contributed by atoms with Gasteiger partial charge in [-0.05, 0) is 64.5 Å². The van der Waals surface area contributed by atoms with Crippen molar-refractivity contribution >= 4 is 0 Å². The molecule has 0 aromatic rings. The van der Waals surface area contributed by atoms with E-state index in [0.717, 1.165) is 18.4 Å². The highest BCUT2D eigenvalue weighted by Gasteiger charge is 2.28. The summed E-state index contributed by atoms with van der Waals surface area (Å²) in [4.78, 5) is 2.67. The third-order valence-corrected chi connectivity index (χ3v) is 3.37. The number of hydrogen-bond acceptors (Lipinski definition) is 2. The summed E-state index contributed by atoms with van der Waals surface area (Å²) in [5.41, 5.74) is 0. The van der Waals surface area contributed by atoms with E-state index in [9.17, 15) is 5.11 Å². The normalized spacial score (nSPS) is 18.4. The Balaban J connectivity index is 2.08. The maximum Gasteiger partial charge on any atom is 0.0512 e. The van der Waals surface area contributed by atoms with E-state index in [0.29, 0.717) is 0 Å². The molecule has 0 aliphatic heterocycles. The van der Waals surface area contributed by atoms with Crippen molar-refractivity contribution < 1.29 is 5.11 Å². The molecule has 0 heterocycles. The van der Waals surface area contributed by atoms with E-state index in [2.05, 4.69) is 18.7 Å². The summed E-state index contributed by atoms with van der Waals surface area (Å²) in [6.07, 6.45) is 7.41. The van der Waals surface area contributed by atoms with Crippen LogP contribution in [0.3, 0.4) is 0 Å². The third-order valence-electron chi connectivity index (χ3n) is 3.37. The SMILES string of the molecule is CC(C)CCN(CCCCC(C)O)C1CC1. The largest absolute Gasteiger partial charge is 0.393 e. The molecule has 2 heteroatoms. The Morgan fingerprint density at radius 1 is 1.06 bits per heavy atom. The lowest BCUT2D eigenvalue weighted by molar-refractivity contribution is 0.175. The Morgan fingerprint density at radius 3 is 2.25 bits per heavy atom. The number of aliphatic hydroxyl groups excluding tert-OH is 1. The van der Waals surface area contributed by atoms with Gasteiger partial charge in [-0.3, -0.25) is 0 Å². The van der Waals surface area contributed by atoms with Gasteiger partial charge in [-0.1, -0.05) is 13.8 Å². The average molecular weight is 227 g/mol. The lowest BCUT2D eigenvalue weighted by Crippen LogP contribution is -2.29. The predicted octanol–water partition coefficient (Wildman–Crippen LogP) is 3.05. The number of hydrogen-bond donors (Lipinski definition) is 1. The Kier molecular flexibility index (Phi) is 6.37. The van der Waals surface area contributed by atoms with Gasteiger partial charge in [0.05, 0.1) is 6.10 Å². The molecular weight excluding hydrogens is 198 g/mol. The molecule has 1 atom stereocenters. The topological polar surface area (TPSA) is 23.5 Å². The molecule has 1 saturated carbocycles. The van der Waals surface area contributed by atoms with Crippen molar-refractivity contribution in [3.8, 4) is 0 Å². The van der Waals surface area contributed by atoms with E-state index in [1.54, 1.807) is 0 Å². The first-order valence-corrected chi connectivity index (χ1v) is 7.01. The molecule has 0 aromatic carbocycles. The van der Waals surface area contributed by atoms with Gasteiger partial charge in [0.1, 0.15) is 0 Å². The number of rotatable bonds is 9. The van der Waals surface area contributed by atoms with Gasteiger partial charge in [-0.2, -0.15) is 0 Å². The second kappa shape index (κ2) is 7.29. The molecule has 1 unspecified atom stereocenters. The van der Waals surface area contributed by atoms with Crippen molar-refractivity contribution in [2.24, 2.45) is 5.92 Å². The molecule has 0 aromatic heterocycles. The van der Waals surface area contributed by atoms with Crippen LogP contribution in [0.4, 0.5) is 0 Å². The van der Waals surface area contributed by atoms with Crippen molar-refractivity contribution in [3.63, 3.8) is 0 Å². The molecule has 1 fully saturated rings. The average Bonchev–Trinajstić information content (AvgIpc) is 2.99. The maximum absolute atomic E-state index is 9.20. The van der Waals surface area contributed by atoms with Crippen molar-refractivity contribution in [2.75, 3.05) is 13.1 Å². The molecule has 1 aliphatic rings. The van der Waals surface area contributed by atoms with Crippen LogP contribution in [0.2, 0.25) is 0 Å². The Labute approximate surface area is 101 Å². The molecule has 0 saturated heterocycles. The van der Waals surface area contributed by atoms with Crippen LogP contribution < -0.4 is 0 Å². The quantitative estimate of drug-likeness (QED) is 0.612. The lowest BCUT2D eigenvalue weighted by atomic mass is 10.1. The molecule has 96 valence electrons. The minimum absolute atomic E-state index is 0.120. The lowest BCUT2D eigenvalue weighted by Gasteiger charge is -2.23. The second-order valence-corrected chi connectivity index (χ2v) is 5.79. The van der Waals surface area contributed by atoms with Gasteiger partial charge in [0.15, 0.2) is 0 Å². The van der Waals surface area contributed by atoms with E-state index in [1.807, 2.05) is 6.92 Å². The van der Waals surface area contributed by atoms with Gasteiger partial charge in [0.25, 0.3) is 0 Å². The molecule has 1 N–H and O–H groups in total. The van der Waals surface area contributed by atoms with Gasteiger partial charge < -0.3 is 10.0 Å². The summed E-state index contributed by atoms with van der Waals surface area (Å²) in [6, 6.07) is 0.894. The van der Waals surface area contributed by atoms with E-state index in [4.69, 9.17) is 0 Å². The molecule has 1 rings (SSSR count). The predicted molar refractivity (Wildman–Crippen MR) is 69.6 cm³/mol. The van der Waals surface area contributed by atoms with Gasteiger partial charge in [0.2, 0.25) is 0 Å². The van der Waals surface area contributed by atoms with Gasteiger partial charge in [0, 0.05) is 6.04 Å². The van der Waals surface area contributed by atoms with Crippen LogP contribution in [-0.2, 0) is 0 Å². The molecule has 2 nitrogen and oxygen atoms in total. The fraction of sp³-hybridized carbons (Fsp3) is 1.00. The Morgan fingerprint density at radius 2 is 1.75 bits per heavy atom. The Bertz CT molecular complexity index is 176. The summed E-state index contributed by atoms with van der Waals surface area (Å²) in [6.45, 7) is 9.01. The van der Waals surface area contributed by atoms with Crippen LogP contribution in [0.15, 0.2) is 0 Å². The van der Waals surface area contributed by atoms with Crippen LogP contribution in [0.1, 0.15) is 59.3 Å². The highest BCUT2D eigenvalue weighted by atomic mass is 16.3. The number of aliphatic hydroxyl groups is 1. The number of nitrogens with zero attached hydrogens (tertiary/aromatic N) is 1. The molecule has 1 aliphatic carbocycles. The van der Waals surface area contributed by atoms with Gasteiger partial charge >= 0.3 is 0 Å². The van der Waals surface area contributed by atoms with Crippen molar-refractivity contribution in [3.05, 3.63) is 0 Å². The van der Waals surface area contributed by atoms with Crippen LogP contribution in [0.5, 0.6) is 0 Å². The first-order chi connectivity index (χ1) is 7.59. The fourth-order valence-electron chi connectivity index (χ4n) is 2.10. The highest BCUT2D eigenvalue weighted by Crippen LogP contribution is 2.27. The van der Waals surface area contributed by atoms with Crippen LogP contribution in [0, 0.1) is 5.92 Å². The minimum atomic E-state index is -0.120. The minimum Gasteiger partial charge on any atom is -0.393 e. The molecular formula is C14H29NO. The fourth-order valence-corrected chi connectivity index (χ4v) is 2.10. The van der Waals surface area contributed by atoms with E-state index < -0.39 is 0 Å². The van der Waals surface area contributed by atoms with Crippen molar-refractivity contribution in [1.82, 2.24) is 4.90 Å². The zero-order valence-corrected chi connectivity index (χ0v) is 11.3. The van der Waals surface area contributed by atoms with Crippen molar-refractivity contribution in [1.29, 1.82) is 0 Å².